The fourth-order valence-corrected chi connectivity index (χ4v) is 10.5. The molecule has 0 aliphatic heterocycles. The van der Waals surface area contributed by atoms with Crippen molar-refractivity contribution in [1.82, 2.24) is 0 Å². The molecule has 0 bridgehead atoms. The van der Waals surface area contributed by atoms with Gasteiger partial charge in [0.05, 0.1) is 11.7 Å². The van der Waals surface area contributed by atoms with Crippen LogP contribution in [0.2, 0.25) is 0 Å². The van der Waals surface area contributed by atoms with Gasteiger partial charge in [-0.3, -0.25) is 0 Å². The Morgan fingerprint density at radius 3 is 2.39 bits per heavy atom. The average Bonchev–Trinajstić information content (AvgIpc) is 3.31. The summed E-state index contributed by atoms with van der Waals surface area (Å²) in [4.78, 5) is 0. The van der Waals surface area contributed by atoms with E-state index >= 15 is 0 Å². The van der Waals surface area contributed by atoms with E-state index in [1.807, 2.05) is 0 Å². The van der Waals surface area contributed by atoms with Crippen LogP contribution in [-0.2, 0) is 0 Å². The van der Waals surface area contributed by atoms with Crippen LogP contribution in [0.5, 0.6) is 0 Å². The Morgan fingerprint density at radius 1 is 1.03 bits per heavy atom. The van der Waals surface area contributed by atoms with Crippen LogP contribution in [-0.4, -0.2) is 21.9 Å². The molecule has 0 saturated heterocycles. The monoisotopic (exact) mass is 456 g/mol. The lowest BCUT2D eigenvalue weighted by Gasteiger charge is -2.60. The number of rotatable bonds is 5. The second-order valence-electron chi connectivity index (χ2n) is 15.2. The minimum absolute atomic E-state index is 0.0282. The molecule has 0 aromatic rings. The van der Waals surface area contributed by atoms with E-state index in [-0.39, 0.29) is 22.3 Å². The standard InChI is InChI=1S/C31H52O2/c1-20(2)21(3)11-15-29(8,33)23-12-14-27(6)24-10-9-22-26(4,5)25(32)13-16-30(22)19-31(24,30)18-17-28(23,27)7/h10,20-23,25,32-33H,9,11-19H2,1-8H3/t21-,22+,23+,25+,27+,28-,29+,30-,31+/m1/s1. The second kappa shape index (κ2) is 7.12. The molecule has 5 rings (SSSR count). The molecule has 33 heavy (non-hydrogen) atoms. The minimum Gasteiger partial charge on any atom is -0.393 e. The van der Waals surface area contributed by atoms with E-state index in [0.717, 1.165) is 25.7 Å². The summed E-state index contributed by atoms with van der Waals surface area (Å²) in [7, 11) is 0. The maximum absolute atomic E-state index is 11.9. The van der Waals surface area contributed by atoms with Crippen LogP contribution < -0.4 is 0 Å². The summed E-state index contributed by atoms with van der Waals surface area (Å²) in [6.45, 7) is 19.0. The van der Waals surface area contributed by atoms with Crippen LogP contribution in [0.1, 0.15) is 120 Å². The molecule has 2 nitrogen and oxygen atoms in total. The van der Waals surface area contributed by atoms with Gasteiger partial charge in [-0.15, -0.1) is 0 Å². The van der Waals surface area contributed by atoms with Crippen molar-refractivity contribution < 1.29 is 10.2 Å². The SMILES string of the molecule is CC(C)[C@H](C)CC[C@](C)(O)[C@H]1CC[C@@]2(C)C3=CC[C@H]4C(C)(C)[C@@H](O)CC[C@@]45C[C@@]35CC[C@]12C. The van der Waals surface area contributed by atoms with Crippen molar-refractivity contribution in [3.8, 4) is 0 Å². The molecule has 4 fully saturated rings. The Bertz CT molecular complexity index is 838. The molecule has 0 unspecified atom stereocenters. The van der Waals surface area contributed by atoms with Crippen LogP contribution in [0.4, 0.5) is 0 Å². The van der Waals surface area contributed by atoms with Gasteiger partial charge in [0.1, 0.15) is 0 Å². The highest BCUT2D eigenvalue weighted by molar-refractivity contribution is 5.45. The van der Waals surface area contributed by atoms with E-state index in [1.54, 1.807) is 5.57 Å². The van der Waals surface area contributed by atoms with E-state index in [2.05, 4.69) is 61.5 Å². The lowest BCUT2D eigenvalue weighted by Crippen LogP contribution is -2.55. The molecule has 2 heteroatoms. The number of aliphatic hydroxyl groups is 2. The molecular formula is C31H52O2. The van der Waals surface area contributed by atoms with Crippen LogP contribution >= 0.6 is 0 Å². The van der Waals surface area contributed by atoms with Gasteiger partial charge in [0.15, 0.2) is 0 Å². The van der Waals surface area contributed by atoms with Gasteiger partial charge in [-0.1, -0.05) is 60.1 Å². The Hall–Kier alpha value is -0.340. The molecule has 2 spiro atoms. The summed E-state index contributed by atoms with van der Waals surface area (Å²) in [5, 5.41) is 22.7. The van der Waals surface area contributed by atoms with Gasteiger partial charge in [0, 0.05) is 0 Å². The second-order valence-corrected chi connectivity index (χ2v) is 15.2. The molecule has 0 radical (unpaired) electrons. The van der Waals surface area contributed by atoms with Gasteiger partial charge in [-0.2, -0.15) is 0 Å². The van der Waals surface area contributed by atoms with E-state index in [4.69, 9.17) is 0 Å². The van der Waals surface area contributed by atoms with Crippen LogP contribution in [0.15, 0.2) is 11.6 Å². The predicted octanol–water partition coefficient (Wildman–Crippen LogP) is 7.53. The highest BCUT2D eigenvalue weighted by atomic mass is 16.3. The zero-order valence-corrected chi connectivity index (χ0v) is 22.9. The molecule has 0 aromatic carbocycles. The van der Waals surface area contributed by atoms with E-state index in [9.17, 15) is 10.2 Å². The van der Waals surface area contributed by atoms with Crippen molar-refractivity contribution in [2.75, 3.05) is 0 Å². The van der Waals surface area contributed by atoms with E-state index in [1.165, 1.54) is 38.5 Å². The number of fused-ring (bicyclic) bond motifs is 2. The van der Waals surface area contributed by atoms with Gasteiger partial charge >= 0.3 is 0 Å². The third kappa shape index (κ3) is 2.92. The third-order valence-electron chi connectivity index (χ3n) is 13.4. The first-order valence-corrected chi connectivity index (χ1v) is 14.3. The van der Waals surface area contributed by atoms with Crippen LogP contribution in [0, 0.1) is 50.7 Å². The van der Waals surface area contributed by atoms with E-state index < -0.39 is 5.60 Å². The molecular weight excluding hydrogens is 404 g/mol. The topological polar surface area (TPSA) is 40.5 Å². The van der Waals surface area contributed by atoms with Crippen molar-refractivity contribution in [1.29, 1.82) is 0 Å². The molecule has 5 aliphatic rings. The molecule has 9 atom stereocenters. The van der Waals surface area contributed by atoms with Crippen LogP contribution in [0.3, 0.4) is 0 Å². The van der Waals surface area contributed by atoms with Gasteiger partial charge in [-0.05, 0) is 122 Å². The largest absolute Gasteiger partial charge is 0.393 e. The van der Waals surface area contributed by atoms with Crippen molar-refractivity contribution in [3.63, 3.8) is 0 Å². The summed E-state index contributed by atoms with van der Waals surface area (Å²) in [5.74, 6) is 2.37. The summed E-state index contributed by atoms with van der Waals surface area (Å²) in [6.07, 6.45) is 14.3. The fraction of sp³-hybridized carbons (Fsp3) is 0.935. The molecule has 2 N–H and O–H groups in total. The Balaban J connectivity index is 1.45. The quantitative estimate of drug-likeness (QED) is 0.420. The summed E-state index contributed by atoms with van der Waals surface area (Å²) >= 11 is 0. The third-order valence-corrected chi connectivity index (χ3v) is 13.4. The van der Waals surface area contributed by atoms with Gasteiger partial charge in [0.25, 0.3) is 0 Å². The number of allylic oxidation sites excluding steroid dienone is 2. The summed E-state index contributed by atoms with van der Waals surface area (Å²) in [6, 6.07) is 0. The lowest BCUT2D eigenvalue weighted by molar-refractivity contribution is -0.108. The van der Waals surface area contributed by atoms with Gasteiger partial charge < -0.3 is 10.2 Å². The predicted molar refractivity (Wildman–Crippen MR) is 137 cm³/mol. The van der Waals surface area contributed by atoms with Gasteiger partial charge in [0.2, 0.25) is 0 Å². The molecule has 0 amide bonds. The number of hydrogen-bond donors (Lipinski definition) is 2. The summed E-state index contributed by atoms with van der Waals surface area (Å²) in [5.41, 5.74) is 2.50. The maximum Gasteiger partial charge on any atom is 0.0653 e. The minimum atomic E-state index is -0.573. The van der Waals surface area contributed by atoms with Gasteiger partial charge in [-0.25, -0.2) is 0 Å². The normalized spacial score (nSPS) is 50.4. The average molecular weight is 457 g/mol. The number of aliphatic hydroxyl groups excluding tert-OH is 1. The molecule has 4 saturated carbocycles. The summed E-state index contributed by atoms with van der Waals surface area (Å²) < 4.78 is 0. The van der Waals surface area contributed by atoms with Crippen molar-refractivity contribution >= 4 is 0 Å². The van der Waals surface area contributed by atoms with Crippen LogP contribution in [0.25, 0.3) is 0 Å². The molecule has 0 aromatic heterocycles. The first-order valence-electron chi connectivity index (χ1n) is 14.3. The zero-order valence-electron chi connectivity index (χ0n) is 22.9. The molecule has 188 valence electrons. The van der Waals surface area contributed by atoms with Crippen molar-refractivity contribution in [2.24, 2.45) is 50.7 Å². The van der Waals surface area contributed by atoms with E-state index in [0.29, 0.717) is 34.5 Å². The first kappa shape index (κ1) is 24.4. The Kier molecular flexibility index (Phi) is 5.25. The fourth-order valence-electron chi connectivity index (χ4n) is 10.5. The highest BCUT2D eigenvalue weighted by Crippen LogP contribution is 2.88. The highest BCUT2D eigenvalue weighted by Gasteiger charge is 2.80. The molecule has 5 aliphatic carbocycles. The first-order chi connectivity index (χ1) is 15.2. The maximum atomic E-state index is 11.9. The van der Waals surface area contributed by atoms with Crippen molar-refractivity contribution in [2.45, 2.75) is 131 Å². The number of hydrogen-bond acceptors (Lipinski definition) is 2. The Labute approximate surface area is 204 Å². The molecule has 0 heterocycles. The lowest BCUT2D eigenvalue weighted by atomic mass is 9.45. The van der Waals surface area contributed by atoms with Crippen molar-refractivity contribution in [3.05, 3.63) is 11.6 Å². The smallest absolute Gasteiger partial charge is 0.0653 e. The Morgan fingerprint density at radius 2 is 1.73 bits per heavy atom. The zero-order chi connectivity index (χ0) is 24.2.